The summed E-state index contributed by atoms with van der Waals surface area (Å²) in [4.78, 5) is 0. The van der Waals surface area contributed by atoms with Crippen molar-refractivity contribution in [2.24, 2.45) is 5.73 Å². The maximum atomic E-state index is 9.30. The van der Waals surface area contributed by atoms with Crippen molar-refractivity contribution in [3.05, 3.63) is 30.1 Å². The molecule has 5 heteroatoms. The van der Waals surface area contributed by atoms with E-state index in [0.717, 1.165) is 10.4 Å². The number of hydrogen-bond acceptors (Lipinski definition) is 3. The van der Waals surface area contributed by atoms with E-state index >= 15 is 0 Å². The van der Waals surface area contributed by atoms with E-state index in [1.54, 1.807) is 12.3 Å². The highest BCUT2D eigenvalue weighted by molar-refractivity contribution is 8.13. The van der Waals surface area contributed by atoms with Crippen LogP contribution in [0.2, 0.25) is 0 Å². The molecule has 1 aromatic rings. The van der Waals surface area contributed by atoms with Crippen LogP contribution < -0.4 is 10.5 Å². The van der Waals surface area contributed by atoms with Crippen LogP contribution in [0, 0.1) is 5.41 Å². The Kier molecular flexibility index (Phi) is 3.57. The Balaban J connectivity index is 2.45. The third-order valence-corrected chi connectivity index (χ3v) is 2.26. The predicted octanol–water partition coefficient (Wildman–Crippen LogP) is 0.381. The zero-order valence-corrected chi connectivity index (χ0v) is 7.92. The van der Waals surface area contributed by atoms with Crippen LogP contribution >= 0.6 is 11.8 Å². The van der Waals surface area contributed by atoms with Gasteiger partial charge < -0.3 is 5.73 Å². The number of pyridine rings is 1. The van der Waals surface area contributed by atoms with Crippen LogP contribution in [0.4, 0.5) is 0 Å². The van der Waals surface area contributed by atoms with Crippen molar-refractivity contribution in [2.75, 3.05) is 5.75 Å². The van der Waals surface area contributed by atoms with Crippen LogP contribution in [0.3, 0.4) is 0 Å². The van der Waals surface area contributed by atoms with Gasteiger partial charge in [0, 0.05) is 29.0 Å². The molecule has 0 aromatic carbocycles. The van der Waals surface area contributed by atoms with Crippen molar-refractivity contribution < 1.29 is 9.94 Å². The lowest BCUT2D eigenvalue weighted by atomic mass is 10.3. The summed E-state index contributed by atoms with van der Waals surface area (Å²) < 4.78 is 1.08. The number of aryl methyl sites for hydroxylation is 1. The van der Waals surface area contributed by atoms with E-state index in [-0.39, 0.29) is 5.17 Å². The Morgan fingerprint density at radius 3 is 3.00 bits per heavy atom. The summed E-state index contributed by atoms with van der Waals surface area (Å²) in [6.07, 6.45) is 2.27. The average Bonchev–Trinajstić information content (AvgIpc) is 2.08. The van der Waals surface area contributed by atoms with Gasteiger partial charge in [-0.15, -0.1) is 0 Å². The Morgan fingerprint density at radius 2 is 2.38 bits per heavy atom. The Morgan fingerprint density at radius 1 is 1.62 bits per heavy atom. The summed E-state index contributed by atoms with van der Waals surface area (Å²) in [7, 11) is 0. The fraction of sp³-hybridized carbons (Fsp3) is 0.250. The van der Waals surface area contributed by atoms with Crippen LogP contribution in [-0.4, -0.2) is 16.1 Å². The lowest BCUT2D eigenvalue weighted by Crippen LogP contribution is -2.34. The summed E-state index contributed by atoms with van der Waals surface area (Å²) in [5.41, 5.74) is 5.99. The molecule has 0 aliphatic carbocycles. The molecule has 1 rings (SSSR count). The van der Waals surface area contributed by atoms with Crippen molar-refractivity contribution in [2.45, 2.75) is 6.42 Å². The summed E-state index contributed by atoms with van der Waals surface area (Å²) >= 11 is 1.27. The van der Waals surface area contributed by atoms with Crippen molar-refractivity contribution in [3.63, 3.8) is 0 Å². The first-order chi connectivity index (χ1) is 6.20. The molecule has 1 aromatic heterocycles. The molecule has 4 nitrogen and oxygen atoms in total. The Labute approximate surface area is 80.9 Å². The van der Waals surface area contributed by atoms with E-state index in [9.17, 15) is 5.21 Å². The maximum Gasteiger partial charge on any atom is 0.234 e. The lowest BCUT2D eigenvalue weighted by Gasteiger charge is -1.96. The molecule has 0 amide bonds. The molecule has 0 spiro atoms. The quantitative estimate of drug-likeness (QED) is 0.284. The average molecular weight is 198 g/mol. The Hall–Kier alpha value is -1.23. The van der Waals surface area contributed by atoms with Crippen LogP contribution in [0.5, 0.6) is 0 Å². The minimum Gasteiger partial charge on any atom is -0.379 e. The highest BCUT2D eigenvalue weighted by atomic mass is 32.2. The number of rotatable bonds is 3. The molecule has 0 unspecified atom stereocenters. The van der Waals surface area contributed by atoms with Crippen molar-refractivity contribution in [3.8, 4) is 0 Å². The maximum absolute atomic E-state index is 9.30. The number of nitrogens with one attached hydrogen (secondary N) is 1. The van der Waals surface area contributed by atoms with Gasteiger partial charge in [0.1, 0.15) is 0 Å². The first-order valence-electron chi connectivity index (χ1n) is 3.86. The standard InChI is InChI=1S/C8H12N3OS/c9-8(10)13-6-4-7-3-1-2-5-11(7)12/h1-3,5,12H,4,6H2,(H3,9,10)/q+1. The number of hydrogen-bond donors (Lipinski definition) is 3. The summed E-state index contributed by atoms with van der Waals surface area (Å²) in [6, 6.07) is 5.45. The molecule has 0 saturated heterocycles. The van der Waals surface area contributed by atoms with E-state index in [1.807, 2.05) is 12.1 Å². The number of nitrogens with two attached hydrogens (primary N) is 1. The van der Waals surface area contributed by atoms with Gasteiger partial charge in [-0.1, -0.05) is 11.8 Å². The van der Waals surface area contributed by atoms with Crippen LogP contribution in [0.25, 0.3) is 0 Å². The van der Waals surface area contributed by atoms with Gasteiger partial charge in [-0.25, -0.2) is 0 Å². The van der Waals surface area contributed by atoms with Gasteiger partial charge in [-0.2, -0.15) is 0 Å². The topological polar surface area (TPSA) is 74.0 Å². The predicted molar refractivity (Wildman–Crippen MR) is 51.9 cm³/mol. The van der Waals surface area contributed by atoms with Crippen molar-refractivity contribution in [1.29, 1.82) is 5.41 Å². The van der Waals surface area contributed by atoms with Gasteiger partial charge in [0.2, 0.25) is 11.9 Å². The zero-order valence-electron chi connectivity index (χ0n) is 7.10. The molecule has 0 aliphatic heterocycles. The fourth-order valence-corrected chi connectivity index (χ4v) is 1.46. The smallest absolute Gasteiger partial charge is 0.234 e. The van der Waals surface area contributed by atoms with Gasteiger partial charge in [-0.05, 0) is 6.07 Å². The second-order valence-corrected chi connectivity index (χ2v) is 3.64. The summed E-state index contributed by atoms with van der Waals surface area (Å²) in [5.74, 6) is 0.708. The molecular weight excluding hydrogens is 186 g/mol. The van der Waals surface area contributed by atoms with Gasteiger partial charge in [0.25, 0.3) is 0 Å². The largest absolute Gasteiger partial charge is 0.379 e. The lowest BCUT2D eigenvalue weighted by molar-refractivity contribution is -0.909. The van der Waals surface area contributed by atoms with Gasteiger partial charge >= 0.3 is 0 Å². The molecule has 0 radical (unpaired) electrons. The number of aromatic nitrogens is 1. The molecule has 0 bridgehead atoms. The third-order valence-electron chi connectivity index (χ3n) is 1.54. The second-order valence-electron chi connectivity index (χ2n) is 2.50. The molecule has 13 heavy (non-hydrogen) atoms. The van der Waals surface area contributed by atoms with Crippen LogP contribution in [0.1, 0.15) is 5.69 Å². The highest BCUT2D eigenvalue weighted by Gasteiger charge is 2.07. The van der Waals surface area contributed by atoms with Crippen LogP contribution in [-0.2, 0) is 6.42 Å². The van der Waals surface area contributed by atoms with E-state index in [4.69, 9.17) is 11.1 Å². The normalized spacial score (nSPS) is 9.85. The Bertz CT molecular complexity index is 303. The number of nitrogens with zero attached hydrogens (tertiary/aromatic N) is 1. The number of thioether (sulfide) groups is 1. The summed E-state index contributed by atoms with van der Waals surface area (Å²) in [6.45, 7) is 0. The fourth-order valence-electron chi connectivity index (χ4n) is 0.933. The van der Waals surface area contributed by atoms with Gasteiger partial charge in [0.15, 0.2) is 5.17 Å². The summed E-state index contributed by atoms with van der Waals surface area (Å²) in [5, 5.41) is 16.4. The van der Waals surface area contributed by atoms with Crippen molar-refractivity contribution >= 4 is 16.9 Å². The van der Waals surface area contributed by atoms with E-state index < -0.39 is 0 Å². The van der Waals surface area contributed by atoms with E-state index in [2.05, 4.69) is 0 Å². The second kappa shape index (κ2) is 4.71. The van der Waals surface area contributed by atoms with Crippen LogP contribution in [0.15, 0.2) is 24.4 Å². The highest BCUT2D eigenvalue weighted by Crippen LogP contribution is 2.02. The molecular formula is C8H12N3OS+. The minimum absolute atomic E-state index is 0.112. The molecule has 0 atom stereocenters. The zero-order chi connectivity index (χ0) is 9.68. The van der Waals surface area contributed by atoms with E-state index in [0.29, 0.717) is 12.2 Å². The molecule has 70 valence electrons. The van der Waals surface area contributed by atoms with Crippen molar-refractivity contribution in [1.82, 2.24) is 0 Å². The SMILES string of the molecule is N=C(N)SCCc1cccc[n+]1O. The first kappa shape index (κ1) is 9.85. The third kappa shape index (κ3) is 3.33. The van der Waals surface area contributed by atoms with Gasteiger partial charge in [-0.3, -0.25) is 10.6 Å². The first-order valence-corrected chi connectivity index (χ1v) is 4.84. The molecule has 0 saturated carbocycles. The molecule has 0 fully saturated rings. The van der Waals surface area contributed by atoms with Gasteiger partial charge in [0.05, 0.1) is 0 Å². The molecule has 4 N–H and O–H groups in total. The van der Waals surface area contributed by atoms with E-state index in [1.165, 1.54) is 11.8 Å². The minimum atomic E-state index is 0.112. The molecule has 1 heterocycles. The molecule has 0 aliphatic rings. The number of amidine groups is 1. The monoisotopic (exact) mass is 198 g/mol.